The maximum absolute atomic E-state index is 8.84. The Kier molecular flexibility index (Phi) is 4.65. The van der Waals surface area contributed by atoms with E-state index in [0.29, 0.717) is 34.1 Å². The van der Waals surface area contributed by atoms with Crippen molar-refractivity contribution in [1.82, 2.24) is 0 Å². The Morgan fingerprint density at radius 2 is 1.00 bits per heavy atom. The average Bonchev–Trinajstić information content (AvgIpc) is 2.62. The highest BCUT2D eigenvalue weighted by atomic mass is 16.5. The Morgan fingerprint density at radius 1 is 0.600 bits per heavy atom. The van der Waals surface area contributed by atoms with E-state index in [1.54, 1.807) is 54.6 Å². The number of ether oxygens (including phenoxy) is 2. The van der Waals surface area contributed by atoms with E-state index in [-0.39, 0.29) is 0 Å². The van der Waals surface area contributed by atoms with Gasteiger partial charge in [-0.25, -0.2) is 0 Å². The Labute approximate surface area is 146 Å². The molecule has 0 aromatic heterocycles. The van der Waals surface area contributed by atoms with Crippen LogP contribution in [0.15, 0.2) is 66.7 Å². The first-order chi connectivity index (χ1) is 12.2. The van der Waals surface area contributed by atoms with Gasteiger partial charge in [0.2, 0.25) is 0 Å². The van der Waals surface area contributed by atoms with E-state index < -0.39 is 0 Å². The lowest BCUT2D eigenvalue weighted by Gasteiger charge is -2.11. The molecule has 0 N–H and O–H groups in total. The van der Waals surface area contributed by atoms with Crippen molar-refractivity contribution in [2.24, 2.45) is 0 Å². The van der Waals surface area contributed by atoms with E-state index in [0.717, 1.165) is 5.56 Å². The van der Waals surface area contributed by atoms with E-state index in [1.165, 1.54) is 0 Å². The van der Waals surface area contributed by atoms with Crippen LogP contribution < -0.4 is 9.47 Å². The molecule has 120 valence electrons. The quantitative estimate of drug-likeness (QED) is 0.650. The summed E-state index contributed by atoms with van der Waals surface area (Å²) in [4.78, 5) is 0. The topological polar surface area (TPSA) is 66.0 Å². The Balaban J connectivity index is 1.79. The van der Waals surface area contributed by atoms with Crippen molar-refractivity contribution in [1.29, 1.82) is 10.5 Å². The minimum Gasteiger partial charge on any atom is -0.457 e. The molecule has 0 radical (unpaired) electrons. The Bertz CT molecular complexity index is 885. The first-order valence-electron chi connectivity index (χ1n) is 7.64. The van der Waals surface area contributed by atoms with Crippen LogP contribution in [0.25, 0.3) is 0 Å². The summed E-state index contributed by atoms with van der Waals surface area (Å²) in [5.74, 6) is 2.59. The van der Waals surface area contributed by atoms with Crippen LogP contribution in [-0.4, -0.2) is 0 Å². The maximum Gasteiger partial charge on any atom is 0.131 e. The van der Waals surface area contributed by atoms with Gasteiger partial charge in [-0.3, -0.25) is 0 Å². The Morgan fingerprint density at radius 3 is 1.36 bits per heavy atom. The lowest BCUT2D eigenvalue weighted by molar-refractivity contribution is 0.459. The third kappa shape index (κ3) is 4.16. The fourth-order valence-corrected chi connectivity index (χ4v) is 2.30. The number of rotatable bonds is 4. The molecule has 0 heterocycles. The van der Waals surface area contributed by atoms with Crippen LogP contribution in [0.4, 0.5) is 0 Å². The first-order valence-corrected chi connectivity index (χ1v) is 7.64. The highest BCUT2D eigenvalue weighted by molar-refractivity contribution is 5.44. The van der Waals surface area contributed by atoms with Crippen LogP contribution in [0.5, 0.6) is 23.0 Å². The van der Waals surface area contributed by atoms with E-state index in [2.05, 4.69) is 12.1 Å². The number of nitriles is 2. The molecule has 4 nitrogen and oxygen atoms in total. The van der Waals surface area contributed by atoms with Crippen molar-refractivity contribution in [2.75, 3.05) is 0 Å². The zero-order chi connectivity index (χ0) is 17.6. The second-order valence-electron chi connectivity index (χ2n) is 5.46. The summed E-state index contributed by atoms with van der Waals surface area (Å²) in [6.07, 6.45) is 0. The first kappa shape index (κ1) is 16.1. The summed E-state index contributed by atoms with van der Waals surface area (Å²) in [6, 6.07) is 23.6. The fraction of sp³-hybridized carbons (Fsp3) is 0.0476. The lowest BCUT2D eigenvalue weighted by atomic mass is 10.2. The fourth-order valence-electron chi connectivity index (χ4n) is 2.30. The number of hydrogen-bond acceptors (Lipinski definition) is 4. The molecule has 0 atom stereocenters. The summed E-state index contributed by atoms with van der Waals surface area (Å²) in [5.41, 5.74) is 2.16. The van der Waals surface area contributed by atoms with Gasteiger partial charge in [0, 0.05) is 6.07 Å². The van der Waals surface area contributed by atoms with Crippen LogP contribution in [-0.2, 0) is 0 Å². The highest BCUT2D eigenvalue weighted by Gasteiger charge is 2.04. The molecule has 3 rings (SSSR count). The van der Waals surface area contributed by atoms with Crippen LogP contribution in [0.3, 0.4) is 0 Å². The van der Waals surface area contributed by atoms with Gasteiger partial charge in [-0.15, -0.1) is 0 Å². The maximum atomic E-state index is 8.84. The van der Waals surface area contributed by atoms with E-state index in [1.807, 2.05) is 19.1 Å². The molecule has 0 aliphatic rings. The van der Waals surface area contributed by atoms with E-state index in [9.17, 15) is 0 Å². The van der Waals surface area contributed by atoms with Gasteiger partial charge < -0.3 is 9.47 Å². The van der Waals surface area contributed by atoms with Gasteiger partial charge in [-0.1, -0.05) is 0 Å². The number of aryl methyl sites for hydroxylation is 1. The van der Waals surface area contributed by atoms with E-state index in [4.69, 9.17) is 20.0 Å². The molecule has 0 saturated heterocycles. The average molecular weight is 326 g/mol. The SMILES string of the molecule is Cc1cc(Oc2ccc(C#N)cc2)cc(Oc2ccc(C#N)cc2)c1. The molecule has 0 saturated carbocycles. The molecule has 0 bridgehead atoms. The van der Waals surface area contributed by atoms with Crippen LogP contribution >= 0.6 is 0 Å². The van der Waals surface area contributed by atoms with Gasteiger partial charge in [0.25, 0.3) is 0 Å². The predicted octanol–water partition coefficient (Wildman–Crippen LogP) is 5.32. The van der Waals surface area contributed by atoms with Crippen molar-refractivity contribution in [3.8, 4) is 35.1 Å². The van der Waals surface area contributed by atoms with Gasteiger partial charge in [0.15, 0.2) is 0 Å². The summed E-state index contributed by atoms with van der Waals surface area (Å²) >= 11 is 0. The van der Waals surface area contributed by atoms with Gasteiger partial charge >= 0.3 is 0 Å². The van der Waals surface area contributed by atoms with Crippen LogP contribution in [0.2, 0.25) is 0 Å². The Hall–Kier alpha value is -3.76. The standard InChI is InChI=1S/C21H14N2O2/c1-15-10-20(24-18-6-2-16(13-22)3-7-18)12-21(11-15)25-19-8-4-17(14-23)5-9-19/h2-12H,1H3. The minimum absolute atomic E-state index is 0.585. The summed E-state index contributed by atoms with van der Waals surface area (Å²) in [5, 5.41) is 17.7. The molecule has 0 fully saturated rings. The van der Waals surface area contributed by atoms with Gasteiger partial charge in [-0.05, 0) is 73.2 Å². The summed E-state index contributed by atoms with van der Waals surface area (Å²) in [7, 11) is 0. The molecule has 25 heavy (non-hydrogen) atoms. The van der Waals surface area contributed by atoms with Crippen molar-refractivity contribution in [3.63, 3.8) is 0 Å². The van der Waals surface area contributed by atoms with Gasteiger partial charge in [-0.2, -0.15) is 10.5 Å². The molecule has 0 aliphatic carbocycles. The second kappa shape index (κ2) is 7.21. The third-order valence-electron chi connectivity index (χ3n) is 3.46. The molecule has 0 aliphatic heterocycles. The third-order valence-corrected chi connectivity index (χ3v) is 3.46. The molecule has 3 aromatic rings. The smallest absolute Gasteiger partial charge is 0.131 e. The highest BCUT2D eigenvalue weighted by Crippen LogP contribution is 2.30. The van der Waals surface area contributed by atoms with Crippen LogP contribution in [0, 0.1) is 29.6 Å². The monoisotopic (exact) mass is 326 g/mol. The second-order valence-corrected chi connectivity index (χ2v) is 5.46. The summed E-state index contributed by atoms with van der Waals surface area (Å²) < 4.78 is 11.7. The normalized spacial score (nSPS) is 9.72. The van der Waals surface area contributed by atoms with Crippen molar-refractivity contribution in [2.45, 2.75) is 6.92 Å². The molecule has 0 unspecified atom stereocenters. The molecule has 0 amide bonds. The zero-order valence-corrected chi connectivity index (χ0v) is 13.6. The molecular weight excluding hydrogens is 312 g/mol. The molecular formula is C21H14N2O2. The largest absolute Gasteiger partial charge is 0.457 e. The van der Waals surface area contributed by atoms with E-state index >= 15 is 0 Å². The van der Waals surface area contributed by atoms with Crippen LogP contribution in [0.1, 0.15) is 16.7 Å². The predicted molar refractivity (Wildman–Crippen MR) is 93.6 cm³/mol. The molecule has 4 heteroatoms. The minimum atomic E-state index is 0.585. The van der Waals surface area contributed by atoms with Gasteiger partial charge in [0.1, 0.15) is 23.0 Å². The zero-order valence-electron chi connectivity index (χ0n) is 13.6. The lowest BCUT2D eigenvalue weighted by Crippen LogP contribution is -1.89. The molecule has 0 spiro atoms. The number of hydrogen-bond donors (Lipinski definition) is 0. The summed E-state index contributed by atoms with van der Waals surface area (Å²) in [6.45, 7) is 1.96. The molecule has 3 aromatic carbocycles. The number of benzene rings is 3. The van der Waals surface area contributed by atoms with Crippen molar-refractivity contribution in [3.05, 3.63) is 83.4 Å². The van der Waals surface area contributed by atoms with Gasteiger partial charge in [0.05, 0.1) is 23.3 Å². The van der Waals surface area contributed by atoms with Crippen molar-refractivity contribution >= 4 is 0 Å². The number of nitrogens with zero attached hydrogens (tertiary/aromatic N) is 2. The van der Waals surface area contributed by atoms with Crippen molar-refractivity contribution < 1.29 is 9.47 Å².